The van der Waals surface area contributed by atoms with Gasteiger partial charge >= 0.3 is 0 Å². The van der Waals surface area contributed by atoms with Crippen LogP contribution in [-0.4, -0.2) is 9.38 Å². The van der Waals surface area contributed by atoms with Crippen LogP contribution < -0.4 is 0 Å². The summed E-state index contributed by atoms with van der Waals surface area (Å²) in [6.45, 7) is 1.88. The summed E-state index contributed by atoms with van der Waals surface area (Å²) in [7, 11) is 0. The van der Waals surface area contributed by atoms with E-state index in [1.54, 1.807) is 0 Å². The fourth-order valence-electron chi connectivity index (χ4n) is 1.55. The predicted octanol–water partition coefficient (Wildman–Crippen LogP) is 2.07. The molecule has 0 unspecified atom stereocenters. The topological polar surface area (TPSA) is 64.9 Å². The number of hydrogen-bond donors (Lipinski definition) is 0. The number of imidazole rings is 1. The first-order valence-electron chi connectivity index (χ1n) is 4.72. The smallest absolute Gasteiger partial charge is 0.131 e. The zero-order valence-electron chi connectivity index (χ0n) is 8.68. The molecular formula is C12H8N4. The molecule has 0 N–H and O–H groups in total. The molecule has 0 saturated heterocycles. The van der Waals surface area contributed by atoms with E-state index in [1.807, 2.05) is 47.9 Å². The van der Waals surface area contributed by atoms with Crippen LogP contribution in [-0.2, 0) is 0 Å². The molecule has 4 heteroatoms. The van der Waals surface area contributed by atoms with Crippen molar-refractivity contribution in [1.82, 2.24) is 9.38 Å². The maximum Gasteiger partial charge on any atom is 0.131 e. The molecule has 0 aromatic carbocycles. The highest BCUT2D eigenvalue weighted by molar-refractivity contribution is 5.72. The molecule has 0 radical (unpaired) electrons. The van der Waals surface area contributed by atoms with Gasteiger partial charge in [-0.2, -0.15) is 10.5 Å². The summed E-state index contributed by atoms with van der Waals surface area (Å²) in [5.41, 5.74) is 1.60. The number of fused-ring (bicyclic) bond motifs is 1. The Morgan fingerprint density at radius 3 is 2.81 bits per heavy atom. The quantitative estimate of drug-likeness (QED) is 0.674. The summed E-state index contributed by atoms with van der Waals surface area (Å²) in [6.07, 6.45) is 3.40. The van der Waals surface area contributed by atoms with Crippen molar-refractivity contribution in [3.8, 4) is 12.1 Å². The first kappa shape index (κ1) is 9.95. The molecule has 0 aliphatic rings. The van der Waals surface area contributed by atoms with Gasteiger partial charge in [0.25, 0.3) is 0 Å². The van der Waals surface area contributed by atoms with E-state index in [2.05, 4.69) is 4.98 Å². The lowest BCUT2D eigenvalue weighted by atomic mass is 10.2. The Balaban J connectivity index is 2.69. The number of hydrogen-bond acceptors (Lipinski definition) is 3. The second-order valence-electron chi connectivity index (χ2n) is 3.28. The van der Waals surface area contributed by atoms with Crippen molar-refractivity contribution >= 4 is 11.6 Å². The summed E-state index contributed by atoms with van der Waals surface area (Å²) in [4.78, 5) is 4.31. The molecule has 0 fully saturated rings. The Hall–Kier alpha value is -2.59. The van der Waals surface area contributed by atoms with Crippen LogP contribution in [0.25, 0.3) is 11.6 Å². The monoisotopic (exact) mass is 208 g/mol. The first-order valence-corrected chi connectivity index (χ1v) is 4.72. The molecular weight excluding hydrogens is 200 g/mol. The number of aryl methyl sites for hydroxylation is 1. The molecule has 2 heterocycles. The molecule has 2 aromatic heterocycles. The van der Waals surface area contributed by atoms with Crippen LogP contribution in [0.15, 0.2) is 30.0 Å². The second-order valence-corrected chi connectivity index (χ2v) is 3.28. The summed E-state index contributed by atoms with van der Waals surface area (Å²) in [5, 5.41) is 17.4. The number of nitriles is 2. The SMILES string of the molecule is Cc1nc(C=C(C#N)C#N)c2ccccn12. The van der Waals surface area contributed by atoms with E-state index in [9.17, 15) is 0 Å². The van der Waals surface area contributed by atoms with Gasteiger partial charge in [-0.05, 0) is 25.1 Å². The van der Waals surface area contributed by atoms with Crippen LogP contribution in [0.1, 0.15) is 11.5 Å². The molecule has 4 nitrogen and oxygen atoms in total. The molecule has 2 aromatic rings. The Kier molecular flexibility index (Phi) is 2.41. The summed E-state index contributed by atoms with van der Waals surface area (Å²) in [5.74, 6) is 0.831. The van der Waals surface area contributed by atoms with E-state index in [4.69, 9.17) is 10.5 Å². The second kappa shape index (κ2) is 3.88. The highest BCUT2D eigenvalue weighted by Gasteiger charge is 2.05. The van der Waals surface area contributed by atoms with E-state index in [0.29, 0.717) is 5.69 Å². The average Bonchev–Trinajstić information content (AvgIpc) is 2.64. The lowest BCUT2D eigenvalue weighted by molar-refractivity contribution is 1.04. The van der Waals surface area contributed by atoms with Gasteiger partial charge in [0.2, 0.25) is 0 Å². The summed E-state index contributed by atoms with van der Waals surface area (Å²) in [6, 6.07) is 9.35. The molecule has 0 spiro atoms. The van der Waals surface area contributed by atoms with E-state index >= 15 is 0 Å². The minimum Gasteiger partial charge on any atom is -0.303 e. The molecule has 16 heavy (non-hydrogen) atoms. The van der Waals surface area contributed by atoms with Gasteiger partial charge in [0.1, 0.15) is 23.5 Å². The number of nitrogens with zero attached hydrogens (tertiary/aromatic N) is 4. The Labute approximate surface area is 92.7 Å². The fraction of sp³-hybridized carbons (Fsp3) is 0.0833. The Morgan fingerprint density at radius 1 is 1.38 bits per heavy atom. The molecule has 76 valence electrons. The molecule has 0 saturated carbocycles. The van der Waals surface area contributed by atoms with Crippen molar-refractivity contribution in [2.45, 2.75) is 6.92 Å². The van der Waals surface area contributed by atoms with Crippen molar-refractivity contribution in [2.24, 2.45) is 0 Å². The highest BCUT2D eigenvalue weighted by Crippen LogP contribution is 2.15. The van der Waals surface area contributed by atoms with E-state index in [-0.39, 0.29) is 5.57 Å². The van der Waals surface area contributed by atoms with Crippen LogP contribution in [0.3, 0.4) is 0 Å². The third-order valence-corrected chi connectivity index (χ3v) is 2.28. The van der Waals surface area contributed by atoms with Crippen molar-refractivity contribution in [1.29, 1.82) is 10.5 Å². The number of allylic oxidation sites excluding steroid dienone is 1. The van der Waals surface area contributed by atoms with E-state index in [1.165, 1.54) is 6.08 Å². The lowest BCUT2D eigenvalue weighted by Crippen LogP contribution is -1.84. The molecule has 0 bridgehead atoms. The van der Waals surface area contributed by atoms with Gasteiger partial charge in [-0.3, -0.25) is 0 Å². The van der Waals surface area contributed by atoms with Crippen LogP contribution in [0.4, 0.5) is 0 Å². The van der Waals surface area contributed by atoms with Crippen LogP contribution in [0, 0.1) is 29.6 Å². The van der Waals surface area contributed by atoms with Gasteiger partial charge in [-0.1, -0.05) is 6.07 Å². The minimum atomic E-state index is 0.0591. The van der Waals surface area contributed by atoms with Gasteiger partial charge in [0.05, 0.1) is 11.2 Å². The number of rotatable bonds is 1. The lowest BCUT2D eigenvalue weighted by Gasteiger charge is -1.93. The molecule has 0 aliphatic heterocycles. The highest BCUT2D eigenvalue weighted by atomic mass is 15.0. The normalized spacial score (nSPS) is 9.44. The maximum atomic E-state index is 8.69. The third-order valence-electron chi connectivity index (χ3n) is 2.28. The Bertz CT molecular complexity index is 634. The predicted molar refractivity (Wildman–Crippen MR) is 59.1 cm³/mol. The van der Waals surface area contributed by atoms with E-state index < -0.39 is 0 Å². The van der Waals surface area contributed by atoms with Gasteiger partial charge in [-0.25, -0.2) is 4.98 Å². The largest absolute Gasteiger partial charge is 0.303 e. The van der Waals surface area contributed by atoms with Gasteiger partial charge in [-0.15, -0.1) is 0 Å². The maximum absolute atomic E-state index is 8.69. The van der Waals surface area contributed by atoms with Crippen molar-refractivity contribution in [3.63, 3.8) is 0 Å². The standard InChI is InChI=1S/C12H8N4/c1-9-15-11(6-10(7-13)8-14)12-4-2-3-5-16(9)12/h2-6H,1H3. The van der Waals surface area contributed by atoms with E-state index in [0.717, 1.165) is 11.3 Å². The molecule has 0 amide bonds. The Morgan fingerprint density at radius 2 is 2.12 bits per heavy atom. The first-order chi connectivity index (χ1) is 7.76. The van der Waals surface area contributed by atoms with Gasteiger partial charge < -0.3 is 4.40 Å². The van der Waals surface area contributed by atoms with Gasteiger partial charge in [0.15, 0.2) is 0 Å². The van der Waals surface area contributed by atoms with Crippen molar-refractivity contribution in [3.05, 3.63) is 41.5 Å². The zero-order chi connectivity index (χ0) is 11.5. The molecule has 0 aliphatic carbocycles. The van der Waals surface area contributed by atoms with Crippen molar-refractivity contribution < 1.29 is 0 Å². The average molecular weight is 208 g/mol. The summed E-state index contributed by atoms with van der Waals surface area (Å²) < 4.78 is 1.91. The number of aromatic nitrogens is 2. The minimum absolute atomic E-state index is 0.0591. The number of pyridine rings is 1. The van der Waals surface area contributed by atoms with Gasteiger partial charge in [0, 0.05) is 6.20 Å². The molecule has 0 atom stereocenters. The third kappa shape index (κ3) is 1.53. The van der Waals surface area contributed by atoms with Crippen molar-refractivity contribution in [2.75, 3.05) is 0 Å². The van der Waals surface area contributed by atoms with Crippen LogP contribution >= 0.6 is 0 Å². The van der Waals surface area contributed by atoms with Crippen LogP contribution in [0.2, 0.25) is 0 Å². The molecule has 2 rings (SSSR count). The fourth-order valence-corrected chi connectivity index (χ4v) is 1.55. The summed E-state index contributed by atoms with van der Waals surface area (Å²) >= 11 is 0. The van der Waals surface area contributed by atoms with Crippen LogP contribution in [0.5, 0.6) is 0 Å². The zero-order valence-corrected chi connectivity index (χ0v) is 8.68.